The summed E-state index contributed by atoms with van der Waals surface area (Å²) in [5, 5.41) is 5.48. The Labute approximate surface area is 205 Å². The van der Waals surface area contributed by atoms with Gasteiger partial charge < -0.3 is 15.0 Å². The molecule has 2 aromatic heterocycles. The van der Waals surface area contributed by atoms with Gasteiger partial charge >= 0.3 is 0 Å². The van der Waals surface area contributed by atoms with Crippen LogP contribution in [0.4, 0.5) is 0 Å². The maximum absolute atomic E-state index is 12.5. The zero-order chi connectivity index (χ0) is 23.9. The quantitative estimate of drug-likeness (QED) is 0.214. The average molecular weight is 465 g/mol. The van der Waals surface area contributed by atoms with Crippen LogP contribution in [0.5, 0.6) is 5.75 Å². The van der Waals surface area contributed by atoms with Crippen LogP contribution in [0.15, 0.2) is 97.3 Å². The molecule has 0 aliphatic heterocycles. The van der Waals surface area contributed by atoms with Gasteiger partial charge in [0, 0.05) is 53.1 Å². The van der Waals surface area contributed by atoms with Gasteiger partial charge in [0.25, 0.3) is 5.91 Å². The van der Waals surface area contributed by atoms with Crippen LogP contribution in [0.2, 0.25) is 0 Å². The number of hydrogen-bond donors (Lipinski definition) is 2. The van der Waals surface area contributed by atoms with E-state index >= 15 is 0 Å². The van der Waals surface area contributed by atoms with E-state index in [2.05, 4.69) is 69.6 Å². The highest BCUT2D eigenvalue weighted by atomic mass is 16.5. The van der Waals surface area contributed by atoms with Gasteiger partial charge in [0.15, 0.2) is 6.20 Å². The lowest BCUT2D eigenvalue weighted by Gasteiger charge is -2.08. The van der Waals surface area contributed by atoms with E-state index in [1.54, 1.807) is 0 Å². The summed E-state index contributed by atoms with van der Waals surface area (Å²) in [5.41, 5.74) is 4.23. The highest BCUT2D eigenvalue weighted by Crippen LogP contribution is 2.18. The van der Waals surface area contributed by atoms with Crippen LogP contribution in [0.1, 0.15) is 28.8 Å². The first-order valence-corrected chi connectivity index (χ1v) is 12.2. The Morgan fingerprint density at radius 1 is 0.886 bits per heavy atom. The molecule has 0 radical (unpaired) electrons. The Bertz CT molecular complexity index is 1420. The number of amides is 1. The van der Waals surface area contributed by atoms with Crippen molar-refractivity contribution >= 4 is 27.7 Å². The third-order valence-corrected chi connectivity index (χ3v) is 6.32. The minimum Gasteiger partial charge on any atom is -0.494 e. The second-order valence-electron chi connectivity index (χ2n) is 8.71. The first-order valence-electron chi connectivity index (χ1n) is 12.2. The summed E-state index contributed by atoms with van der Waals surface area (Å²) in [6.45, 7) is 2.21. The summed E-state index contributed by atoms with van der Waals surface area (Å²) in [6, 6.07) is 28.3. The number of para-hydroxylation sites is 2. The van der Waals surface area contributed by atoms with E-state index < -0.39 is 0 Å². The molecule has 5 nitrogen and oxygen atoms in total. The first kappa shape index (κ1) is 22.7. The zero-order valence-electron chi connectivity index (χ0n) is 19.7. The molecule has 1 amide bonds. The second-order valence-corrected chi connectivity index (χ2v) is 8.71. The highest BCUT2D eigenvalue weighted by Gasteiger charge is 2.09. The summed E-state index contributed by atoms with van der Waals surface area (Å²) in [4.78, 5) is 15.8. The number of aryl methyl sites for hydroxylation is 1. The number of nitrogens with one attached hydrogen (secondary N) is 2. The van der Waals surface area contributed by atoms with Crippen LogP contribution in [0.3, 0.4) is 0 Å². The van der Waals surface area contributed by atoms with Crippen molar-refractivity contribution in [1.82, 2.24) is 10.3 Å². The fraction of sp³-hybridized carbons (Fsp3) is 0.200. The number of fused-ring (bicyclic) bond motifs is 2. The third kappa shape index (κ3) is 5.52. The number of carbonyl (C=O) groups is 1. The Hall–Kier alpha value is -4.12. The van der Waals surface area contributed by atoms with Crippen molar-refractivity contribution in [3.05, 3.63) is 108 Å². The van der Waals surface area contributed by atoms with Gasteiger partial charge in [-0.2, -0.15) is 4.57 Å². The fourth-order valence-corrected chi connectivity index (χ4v) is 4.44. The maximum atomic E-state index is 12.5. The van der Waals surface area contributed by atoms with Crippen LogP contribution >= 0.6 is 0 Å². The number of unbranched alkanes of at least 4 members (excludes halogenated alkanes) is 1. The number of aromatic amines is 1. The Morgan fingerprint density at radius 2 is 1.69 bits per heavy atom. The Morgan fingerprint density at radius 3 is 2.60 bits per heavy atom. The van der Waals surface area contributed by atoms with Crippen molar-refractivity contribution in [3.63, 3.8) is 0 Å². The number of H-pyrrole nitrogens is 1. The van der Waals surface area contributed by atoms with Crippen LogP contribution in [-0.2, 0) is 13.0 Å². The molecule has 3 aromatic carbocycles. The van der Waals surface area contributed by atoms with Crippen molar-refractivity contribution < 1.29 is 14.1 Å². The number of aromatic nitrogens is 2. The Kier molecular flexibility index (Phi) is 7.04. The lowest BCUT2D eigenvalue weighted by molar-refractivity contribution is -0.671. The minimum absolute atomic E-state index is 0.0662. The molecule has 0 atom stereocenters. The molecule has 2 N–H and O–H groups in total. The van der Waals surface area contributed by atoms with E-state index in [9.17, 15) is 4.79 Å². The lowest BCUT2D eigenvalue weighted by atomic mass is 10.1. The predicted octanol–water partition coefficient (Wildman–Crippen LogP) is 5.44. The molecule has 0 saturated heterocycles. The predicted molar refractivity (Wildman–Crippen MR) is 140 cm³/mol. The number of ether oxygens (including phenoxy) is 1. The van der Waals surface area contributed by atoms with Gasteiger partial charge in [-0.1, -0.05) is 30.3 Å². The van der Waals surface area contributed by atoms with Crippen molar-refractivity contribution in [2.75, 3.05) is 13.2 Å². The van der Waals surface area contributed by atoms with E-state index in [1.165, 1.54) is 21.9 Å². The number of hydrogen-bond acceptors (Lipinski definition) is 2. The first-order chi connectivity index (χ1) is 17.3. The van der Waals surface area contributed by atoms with Crippen molar-refractivity contribution in [2.45, 2.75) is 25.8 Å². The number of rotatable bonds is 10. The molecule has 5 rings (SSSR count). The van der Waals surface area contributed by atoms with Crippen molar-refractivity contribution in [2.24, 2.45) is 0 Å². The molecule has 176 valence electrons. The van der Waals surface area contributed by atoms with Crippen LogP contribution < -0.4 is 14.6 Å². The van der Waals surface area contributed by atoms with Gasteiger partial charge in [-0.25, -0.2) is 0 Å². The molecule has 0 aliphatic rings. The molecule has 0 fully saturated rings. The standard InChI is InChI=1S/C30H29N3O2/c34-30(31-18-17-25-22-32-28-11-3-2-10-27(25)28)24-13-15-26(16-14-24)35-21-6-5-19-33-20-7-9-23-8-1-4-12-29(23)33/h1-4,7-16,20,22,32H,5-6,17-19,21H2/p+1. The SMILES string of the molecule is O=C(NCCc1c[nH]c2ccccc12)c1ccc(OCCCC[n+]2cccc3ccccc32)cc1. The van der Waals surface area contributed by atoms with Crippen molar-refractivity contribution in [1.29, 1.82) is 0 Å². The third-order valence-electron chi connectivity index (χ3n) is 6.32. The summed E-state index contributed by atoms with van der Waals surface area (Å²) in [6.07, 6.45) is 6.94. The van der Waals surface area contributed by atoms with Gasteiger partial charge in [-0.05, 0) is 60.9 Å². The van der Waals surface area contributed by atoms with E-state index in [0.717, 1.165) is 37.1 Å². The van der Waals surface area contributed by atoms with E-state index in [4.69, 9.17) is 4.74 Å². The molecule has 5 heteroatoms. The van der Waals surface area contributed by atoms with Gasteiger partial charge in [0.1, 0.15) is 12.3 Å². The number of carbonyl (C=O) groups excluding carboxylic acids is 1. The molecular formula is C30H30N3O2+. The zero-order valence-corrected chi connectivity index (χ0v) is 19.7. The monoisotopic (exact) mass is 464 g/mol. The molecule has 0 aliphatic carbocycles. The van der Waals surface area contributed by atoms with Gasteiger partial charge in [0.05, 0.1) is 6.61 Å². The van der Waals surface area contributed by atoms with Gasteiger partial charge in [0.2, 0.25) is 5.52 Å². The minimum atomic E-state index is -0.0662. The molecule has 35 heavy (non-hydrogen) atoms. The topological polar surface area (TPSA) is 58.0 Å². The normalized spacial score (nSPS) is 11.1. The summed E-state index contributed by atoms with van der Waals surface area (Å²) in [5.74, 6) is 0.724. The van der Waals surface area contributed by atoms with Gasteiger partial charge in [-0.3, -0.25) is 4.79 Å². The molecule has 0 spiro atoms. The molecule has 5 aromatic rings. The van der Waals surface area contributed by atoms with Gasteiger partial charge in [-0.15, -0.1) is 0 Å². The van der Waals surface area contributed by atoms with Crippen LogP contribution in [0, 0.1) is 0 Å². The van der Waals surface area contributed by atoms with Crippen molar-refractivity contribution in [3.8, 4) is 5.75 Å². The fourth-order valence-electron chi connectivity index (χ4n) is 4.44. The highest BCUT2D eigenvalue weighted by molar-refractivity contribution is 5.94. The summed E-state index contributed by atoms with van der Waals surface area (Å²) >= 11 is 0. The number of nitrogens with zero attached hydrogens (tertiary/aromatic N) is 1. The summed E-state index contributed by atoms with van der Waals surface area (Å²) < 4.78 is 8.19. The average Bonchev–Trinajstić information content (AvgIpc) is 3.32. The summed E-state index contributed by atoms with van der Waals surface area (Å²) in [7, 11) is 0. The lowest BCUT2D eigenvalue weighted by Crippen LogP contribution is -2.34. The van der Waals surface area contributed by atoms with E-state index in [1.807, 2.05) is 42.6 Å². The van der Waals surface area contributed by atoms with Crippen LogP contribution in [-0.4, -0.2) is 24.0 Å². The maximum Gasteiger partial charge on any atom is 0.251 e. The van der Waals surface area contributed by atoms with Crippen LogP contribution in [0.25, 0.3) is 21.8 Å². The smallest absolute Gasteiger partial charge is 0.251 e. The molecule has 0 saturated carbocycles. The largest absolute Gasteiger partial charge is 0.494 e. The number of benzene rings is 3. The molecule has 0 bridgehead atoms. The Balaban J connectivity index is 1.04. The molecular weight excluding hydrogens is 434 g/mol. The number of pyridine rings is 1. The van der Waals surface area contributed by atoms with E-state index in [0.29, 0.717) is 18.7 Å². The van der Waals surface area contributed by atoms with E-state index in [-0.39, 0.29) is 5.91 Å². The molecule has 0 unspecified atom stereocenters. The molecule has 2 heterocycles. The second kappa shape index (κ2) is 10.9.